The average molecular weight is 498 g/mol. The normalized spacial score (nSPS) is 15.2. The quantitative estimate of drug-likeness (QED) is 0.378. The summed E-state index contributed by atoms with van der Waals surface area (Å²) in [7, 11) is 1.98. The maximum Gasteiger partial charge on any atom is 0.306 e. The smallest absolute Gasteiger partial charge is 0.306 e. The number of aliphatic hydroxyl groups is 1. The Hall–Kier alpha value is -2.25. The molecule has 0 aromatic carbocycles. The van der Waals surface area contributed by atoms with Gasteiger partial charge in [-0.3, -0.25) is 9.79 Å². The van der Waals surface area contributed by atoms with Gasteiger partial charge in [-0.15, -0.1) is 0 Å². The molecule has 170 valence electrons. The van der Waals surface area contributed by atoms with Crippen molar-refractivity contribution >= 4 is 64.7 Å². The van der Waals surface area contributed by atoms with Crippen molar-refractivity contribution in [1.29, 1.82) is 0 Å². The Morgan fingerprint density at radius 2 is 2.06 bits per heavy atom. The van der Waals surface area contributed by atoms with Crippen LogP contribution in [0, 0.1) is 6.92 Å². The molecule has 0 radical (unpaired) electrons. The van der Waals surface area contributed by atoms with E-state index in [0.29, 0.717) is 17.9 Å². The Kier molecular flexibility index (Phi) is 8.06. The number of ether oxygens (including phenoxy) is 1. The van der Waals surface area contributed by atoms with Crippen LogP contribution in [0.15, 0.2) is 45.5 Å². The molecule has 32 heavy (non-hydrogen) atoms. The van der Waals surface area contributed by atoms with Crippen molar-refractivity contribution in [2.75, 3.05) is 6.61 Å². The van der Waals surface area contributed by atoms with Gasteiger partial charge in [0.1, 0.15) is 24.7 Å². The van der Waals surface area contributed by atoms with Gasteiger partial charge in [-0.25, -0.2) is 0 Å². The molecule has 1 aliphatic heterocycles. The van der Waals surface area contributed by atoms with E-state index in [1.807, 2.05) is 50.4 Å². The molecular formula is C23H23Cl3N2O4. The molecule has 0 saturated heterocycles. The van der Waals surface area contributed by atoms with Crippen LogP contribution >= 0.6 is 34.8 Å². The van der Waals surface area contributed by atoms with Gasteiger partial charge in [0.25, 0.3) is 0 Å². The minimum Gasteiger partial charge on any atom is -0.461 e. The maximum atomic E-state index is 11.8. The molecule has 1 aliphatic rings. The molecule has 0 bridgehead atoms. The van der Waals surface area contributed by atoms with Crippen molar-refractivity contribution in [3.05, 3.63) is 64.5 Å². The molecule has 0 atom stereocenters. The van der Waals surface area contributed by atoms with Gasteiger partial charge in [-0.1, -0.05) is 34.8 Å². The third-order valence-electron chi connectivity index (χ3n) is 4.76. The Labute approximate surface area is 201 Å². The van der Waals surface area contributed by atoms with E-state index in [4.69, 9.17) is 49.1 Å². The zero-order chi connectivity index (χ0) is 23.3. The number of esters is 1. The number of halogens is 3. The van der Waals surface area contributed by atoms with E-state index in [-0.39, 0.29) is 19.6 Å². The van der Waals surface area contributed by atoms with Crippen molar-refractivity contribution in [3.63, 3.8) is 0 Å². The molecule has 0 aliphatic carbocycles. The summed E-state index contributed by atoms with van der Waals surface area (Å²) in [4.78, 5) is 16.3. The molecule has 6 nitrogen and oxygen atoms in total. The number of carbonyl (C=O) groups excluding carboxylic acids is 1. The number of nitrogens with zero attached hydrogens (tertiary/aromatic N) is 2. The topological polar surface area (TPSA) is 77.0 Å². The number of aromatic nitrogens is 1. The molecular weight excluding hydrogens is 475 g/mol. The van der Waals surface area contributed by atoms with Crippen molar-refractivity contribution in [1.82, 2.24) is 4.57 Å². The summed E-state index contributed by atoms with van der Waals surface area (Å²) in [6, 6.07) is 5.63. The number of allylic oxidation sites excluding steroid dienone is 2. The lowest BCUT2D eigenvalue weighted by Crippen LogP contribution is -2.17. The van der Waals surface area contributed by atoms with Crippen LogP contribution in [-0.4, -0.2) is 31.8 Å². The highest BCUT2D eigenvalue weighted by Gasteiger charge is 2.22. The molecule has 2 aromatic rings. The van der Waals surface area contributed by atoms with Gasteiger partial charge in [-0.05, 0) is 61.1 Å². The van der Waals surface area contributed by atoms with Crippen LogP contribution in [0.4, 0.5) is 0 Å². The van der Waals surface area contributed by atoms with E-state index < -0.39 is 9.76 Å². The number of aryl methyl sites for hydroxylation is 1. The lowest BCUT2D eigenvalue weighted by atomic mass is 10.2. The standard InChI is InChI=1S/C23H23Cl3N2O4/c1-15-11-18(6-7-19-8-9-20(13-29)32-19)28(2)21(15)12-17-4-3-16(27-17)5-10-22(30)31-14-23(24,25)26/h3-4,6-9,11-12,29H,5,10,13-14H2,1-2H3/b7-6+,17-12-. The van der Waals surface area contributed by atoms with Crippen LogP contribution < -0.4 is 0 Å². The predicted molar refractivity (Wildman–Crippen MR) is 129 cm³/mol. The van der Waals surface area contributed by atoms with E-state index in [1.165, 1.54) is 0 Å². The molecule has 2 aromatic heterocycles. The highest BCUT2D eigenvalue weighted by molar-refractivity contribution is 6.67. The van der Waals surface area contributed by atoms with Crippen LogP contribution in [-0.2, 0) is 23.2 Å². The number of aliphatic imine (C=N–C) groups is 1. The summed E-state index contributed by atoms with van der Waals surface area (Å²) in [5, 5.41) is 9.11. The van der Waals surface area contributed by atoms with Gasteiger partial charge < -0.3 is 18.8 Å². The first-order chi connectivity index (χ1) is 15.1. The Balaban J connectivity index is 1.64. The van der Waals surface area contributed by atoms with Gasteiger partial charge in [0, 0.05) is 30.6 Å². The molecule has 9 heteroatoms. The van der Waals surface area contributed by atoms with Gasteiger partial charge >= 0.3 is 5.97 Å². The third-order valence-corrected chi connectivity index (χ3v) is 5.09. The molecule has 0 fully saturated rings. The minimum atomic E-state index is -1.61. The zero-order valence-corrected chi connectivity index (χ0v) is 19.9. The van der Waals surface area contributed by atoms with E-state index in [2.05, 4.69) is 15.6 Å². The van der Waals surface area contributed by atoms with Crippen LogP contribution in [0.25, 0.3) is 18.2 Å². The Morgan fingerprint density at radius 1 is 1.28 bits per heavy atom. The van der Waals surface area contributed by atoms with Crippen molar-refractivity contribution in [2.45, 2.75) is 30.2 Å². The highest BCUT2D eigenvalue weighted by Crippen LogP contribution is 2.26. The van der Waals surface area contributed by atoms with Crippen LogP contribution in [0.5, 0.6) is 0 Å². The molecule has 0 spiro atoms. The molecule has 0 saturated carbocycles. The van der Waals surface area contributed by atoms with Crippen molar-refractivity contribution in [2.24, 2.45) is 12.0 Å². The Morgan fingerprint density at radius 3 is 2.75 bits per heavy atom. The monoisotopic (exact) mass is 496 g/mol. The fourth-order valence-corrected chi connectivity index (χ4v) is 3.31. The van der Waals surface area contributed by atoms with E-state index >= 15 is 0 Å². The number of rotatable bonds is 8. The predicted octanol–water partition coefficient (Wildman–Crippen LogP) is 5.63. The number of alkyl halides is 3. The van der Waals surface area contributed by atoms with Crippen LogP contribution in [0.3, 0.4) is 0 Å². The third kappa shape index (κ3) is 6.87. The summed E-state index contributed by atoms with van der Waals surface area (Å²) in [6.45, 7) is 1.63. The molecule has 0 amide bonds. The molecule has 0 unspecified atom stereocenters. The lowest BCUT2D eigenvalue weighted by Gasteiger charge is -2.10. The Bertz CT molecular complexity index is 1100. The van der Waals surface area contributed by atoms with Crippen molar-refractivity contribution in [3.8, 4) is 0 Å². The SMILES string of the molecule is Cc1cc(/C=C/c2ccc(CO)o2)n(C)c1/C=C1/C=CC(CCC(=O)OCC(Cl)(Cl)Cl)=N1. The highest BCUT2D eigenvalue weighted by atomic mass is 35.6. The largest absolute Gasteiger partial charge is 0.461 e. The number of hydrogen-bond donors (Lipinski definition) is 1. The number of carbonyl (C=O) groups is 1. The van der Waals surface area contributed by atoms with Gasteiger partial charge in [0.15, 0.2) is 0 Å². The average Bonchev–Trinajstić information content (AvgIpc) is 3.45. The maximum absolute atomic E-state index is 11.8. The zero-order valence-electron chi connectivity index (χ0n) is 17.6. The minimum absolute atomic E-state index is 0.124. The van der Waals surface area contributed by atoms with Crippen molar-refractivity contribution < 1.29 is 19.1 Å². The fourth-order valence-electron chi connectivity index (χ4n) is 3.15. The molecule has 3 rings (SSSR count). The summed E-state index contributed by atoms with van der Waals surface area (Å²) in [5.41, 5.74) is 4.70. The summed E-state index contributed by atoms with van der Waals surface area (Å²) in [6.07, 6.45) is 10.2. The lowest BCUT2D eigenvalue weighted by molar-refractivity contribution is -0.143. The van der Waals surface area contributed by atoms with Gasteiger partial charge in [0.2, 0.25) is 3.79 Å². The van der Waals surface area contributed by atoms with E-state index in [1.54, 1.807) is 6.07 Å². The first-order valence-corrected chi connectivity index (χ1v) is 11.0. The summed E-state index contributed by atoms with van der Waals surface area (Å²) >= 11 is 16.7. The van der Waals surface area contributed by atoms with E-state index in [9.17, 15) is 4.79 Å². The second kappa shape index (κ2) is 10.6. The number of hydrogen-bond acceptors (Lipinski definition) is 5. The summed E-state index contributed by atoms with van der Waals surface area (Å²) in [5.74, 6) is 0.758. The molecule has 3 heterocycles. The first-order valence-electron chi connectivity index (χ1n) is 9.88. The van der Waals surface area contributed by atoms with Gasteiger partial charge in [-0.2, -0.15) is 0 Å². The van der Waals surface area contributed by atoms with Crippen LogP contribution in [0.2, 0.25) is 0 Å². The second-order valence-corrected chi connectivity index (χ2v) is 9.79. The fraction of sp³-hybridized carbons (Fsp3) is 0.304. The summed E-state index contributed by atoms with van der Waals surface area (Å²) < 4.78 is 10.9. The number of furan rings is 1. The first kappa shape index (κ1) is 24.4. The molecule has 1 N–H and O–H groups in total. The van der Waals surface area contributed by atoms with Crippen LogP contribution in [0.1, 0.15) is 41.3 Å². The second-order valence-electron chi connectivity index (χ2n) is 7.27. The van der Waals surface area contributed by atoms with Gasteiger partial charge in [0.05, 0.1) is 12.1 Å². The van der Waals surface area contributed by atoms with E-state index in [0.717, 1.165) is 28.4 Å². The number of aliphatic hydroxyl groups excluding tert-OH is 1.